The first-order chi connectivity index (χ1) is 10.8. The maximum atomic E-state index is 14.3. The number of nitrogens with zero attached hydrogens (tertiary/aromatic N) is 1. The summed E-state index contributed by atoms with van der Waals surface area (Å²) >= 11 is 2.81. The second kappa shape index (κ2) is 6.16. The fraction of sp³-hybridized carbons (Fsp3) is 0.533. The molecule has 0 radical (unpaired) electrons. The van der Waals surface area contributed by atoms with Crippen LogP contribution in [-0.4, -0.2) is 23.9 Å². The summed E-state index contributed by atoms with van der Waals surface area (Å²) in [5.74, 6) is -2.02. The van der Waals surface area contributed by atoms with Gasteiger partial charge in [-0.2, -0.15) is 13.2 Å². The Hall–Kier alpha value is -1.38. The van der Waals surface area contributed by atoms with Gasteiger partial charge in [-0.3, -0.25) is 4.90 Å². The molecule has 1 unspecified atom stereocenters. The van der Waals surface area contributed by atoms with E-state index in [0.29, 0.717) is 6.07 Å². The minimum atomic E-state index is -4.80. The SMILES string of the molecule is CC(C)(C)OC(=O)N1c2c(F)cc(Br)c(F)c2CCC1C(F)(F)F. The molecule has 1 aliphatic rings. The molecule has 0 bridgehead atoms. The number of amides is 1. The van der Waals surface area contributed by atoms with E-state index in [0.717, 1.165) is 0 Å². The third-order valence-electron chi connectivity index (χ3n) is 3.43. The molecule has 134 valence electrons. The van der Waals surface area contributed by atoms with E-state index in [1.54, 1.807) is 0 Å². The summed E-state index contributed by atoms with van der Waals surface area (Å²) in [5, 5.41) is 0. The molecule has 1 aliphatic heterocycles. The summed E-state index contributed by atoms with van der Waals surface area (Å²) in [4.78, 5) is 12.5. The number of anilines is 1. The zero-order valence-electron chi connectivity index (χ0n) is 13.1. The first-order valence-corrected chi connectivity index (χ1v) is 7.87. The average Bonchev–Trinajstić information content (AvgIpc) is 2.40. The van der Waals surface area contributed by atoms with Crippen LogP contribution in [-0.2, 0) is 11.2 Å². The second-order valence-electron chi connectivity index (χ2n) is 6.43. The lowest BCUT2D eigenvalue weighted by Gasteiger charge is -2.39. The van der Waals surface area contributed by atoms with Gasteiger partial charge >= 0.3 is 12.3 Å². The van der Waals surface area contributed by atoms with Crippen LogP contribution >= 0.6 is 15.9 Å². The summed E-state index contributed by atoms with van der Waals surface area (Å²) in [6.07, 6.45) is -7.10. The minimum absolute atomic E-state index is 0.176. The molecule has 1 aromatic rings. The van der Waals surface area contributed by atoms with Gasteiger partial charge in [0.2, 0.25) is 0 Å². The van der Waals surface area contributed by atoms with Gasteiger partial charge < -0.3 is 4.74 Å². The number of carbonyl (C=O) groups is 1. The lowest BCUT2D eigenvalue weighted by molar-refractivity contribution is -0.150. The molecule has 0 fully saturated rings. The van der Waals surface area contributed by atoms with Gasteiger partial charge in [0.05, 0.1) is 10.2 Å². The van der Waals surface area contributed by atoms with E-state index in [-0.39, 0.29) is 21.4 Å². The van der Waals surface area contributed by atoms with Crippen molar-refractivity contribution in [3.05, 3.63) is 27.7 Å². The van der Waals surface area contributed by atoms with Crippen molar-refractivity contribution in [2.45, 2.75) is 51.4 Å². The average molecular weight is 416 g/mol. The molecule has 0 aromatic heterocycles. The number of benzene rings is 1. The Balaban J connectivity index is 2.62. The van der Waals surface area contributed by atoms with Gasteiger partial charge in [-0.15, -0.1) is 0 Å². The quantitative estimate of drug-likeness (QED) is 0.422. The van der Waals surface area contributed by atoms with Crippen LogP contribution in [0.25, 0.3) is 0 Å². The van der Waals surface area contributed by atoms with Gasteiger partial charge in [-0.1, -0.05) is 0 Å². The third-order valence-corrected chi connectivity index (χ3v) is 4.01. The van der Waals surface area contributed by atoms with Crippen molar-refractivity contribution in [3.8, 4) is 0 Å². The monoisotopic (exact) mass is 415 g/mol. The fourth-order valence-corrected chi connectivity index (χ4v) is 2.97. The molecule has 0 aliphatic carbocycles. The van der Waals surface area contributed by atoms with Crippen LogP contribution in [0.1, 0.15) is 32.8 Å². The summed E-state index contributed by atoms with van der Waals surface area (Å²) in [6, 6.07) is -1.58. The number of hydrogen-bond donors (Lipinski definition) is 0. The van der Waals surface area contributed by atoms with E-state index in [4.69, 9.17) is 4.74 Å². The predicted molar refractivity (Wildman–Crippen MR) is 80.9 cm³/mol. The maximum Gasteiger partial charge on any atom is 0.415 e. The highest BCUT2D eigenvalue weighted by atomic mass is 79.9. The van der Waals surface area contributed by atoms with Crippen LogP contribution in [0, 0.1) is 11.6 Å². The van der Waals surface area contributed by atoms with E-state index in [2.05, 4.69) is 15.9 Å². The lowest BCUT2D eigenvalue weighted by Crippen LogP contribution is -2.53. The Morgan fingerprint density at radius 1 is 1.29 bits per heavy atom. The highest BCUT2D eigenvalue weighted by Crippen LogP contribution is 2.42. The van der Waals surface area contributed by atoms with Crippen LogP contribution in [0.5, 0.6) is 0 Å². The van der Waals surface area contributed by atoms with Crippen LogP contribution in [0.4, 0.5) is 32.4 Å². The van der Waals surface area contributed by atoms with Crippen LogP contribution in [0.2, 0.25) is 0 Å². The Morgan fingerprint density at radius 3 is 2.38 bits per heavy atom. The fourth-order valence-electron chi connectivity index (χ4n) is 2.53. The largest absolute Gasteiger partial charge is 0.443 e. The van der Waals surface area contributed by atoms with Gasteiger partial charge in [-0.25, -0.2) is 13.6 Å². The van der Waals surface area contributed by atoms with Crippen LogP contribution in [0.15, 0.2) is 10.5 Å². The predicted octanol–water partition coefficient (Wildman–Crippen LogP) is 5.35. The molecule has 0 N–H and O–H groups in total. The van der Waals surface area contributed by atoms with Gasteiger partial charge in [0.25, 0.3) is 0 Å². The normalized spacial score (nSPS) is 18.4. The topological polar surface area (TPSA) is 29.5 Å². The first-order valence-electron chi connectivity index (χ1n) is 7.08. The Morgan fingerprint density at radius 2 is 1.88 bits per heavy atom. The molecular formula is C15H15BrF5NO2. The summed E-state index contributed by atoms with van der Waals surface area (Å²) in [6.45, 7) is 4.41. The molecule has 1 aromatic carbocycles. The summed E-state index contributed by atoms with van der Waals surface area (Å²) < 4.78 is 73.2. The number of ether oxygens (including phenoxy) is 1. The summed E-state index contributed by atoms with van der Waals surface area (Å²) in [5.41, 5.74) is -2.10. The molecular weight excluding hydrogens is 401 g/mol. The van der Waals surface area contributed by atoms with Crippen LogP contribution < -0.4 is 4.90 Å². The smallest absolute Gasteiger partial charge is 0.415 e. The Bertz CT molecular complexity index is 669. The highest BCUT2D eigenvalue weighted by Gasteiger charge is 2.50. The number of fused-ring (bicyclic) bond motifs is 1. The molecule has 0 spiro atoms. The summed E-state index contributed by atoms with van der Waals surface area (Å²) in [7, 11) is 0. The van der Waals surface area contributed by atoms with Crippen molar-refractivity contribution in [2.24, 2.45) is 0 Å². The van der Waals surface area contributed by atoms with Crippen molar-refractivity contribution < 1.29 is 31.5 Å². The van der Waals surface area contributed by atoms with Crippen molar-refractivity contribution in [3.63, 3.8) is 0 Å². The molecule has 0 saturated heterocycles. The number of carbonyl (C=O) groups excluding carboxylic acids is 1. The molecule has 1 amide bonds. The van der Waals surface area contributed by atoms with Crippen molar-refractivity contribution in [2.75, 3.05) is 4.90 Å². The zero-order chi connectivity index (χ0) is 18.4. The third kappa shape index (κ3) is 3.65. The first kappa shape index (κ1) is 19.0. The number of hydrogen-bond acceptors (Lipinski definition) is 2. The lowest BCUT2D eigenvalue weighted by atomic mass is 9.95. The molecule has 1 heterocycles. The zero-order valence-corrected chi connectivity index (χ0v) is 14.7. The molecule has 3 nitrogen and oxygen atoms in total. The van der Waals surface area contributed by atoms with Gasteiger partial charge in [0.1, 0.15) is 23.3 Å². The van der Waals surface area contributed by atoms with Gasteiger partial charge in [0, 0.05) is 5.56 Å². The van der Waals surface area contributed by atoms with E-state index in [1.807, 2.05) is 0 Å². The number of alkyl halides is 3. The number of halogens is 6. The Labute approximate surface area is 143 Å². The maximum absolute atomic E-state index is 14.3. The van der Waals surface area contributed by atoms with Gasteiger partial charge in [0.15, 0.2) is 0 Å². The minimum Gasteiger partial charge on any atom is -0.443 e. The molecule has 2 rings (SSSR count). The molecule has 0 saturated carbocycles. The highest BCUT2D eigenvalue weighted by molar-refractivity contribution is 9.10. The molecule has 9 heteroatoms. The molecule has 1 atom stereocenters. The van der Waals surface area contributed by atoms with E-state index in [9.17, 15) is 26.7 Å². The van der Waals surface area contributed by atoms with Crippen molar-refractivity contribution in [1.82, 2.24) is 0 Å². The number of rotatable bonds is 0. The second-order valence-corrected chi connectivity index (χ2v) is 7.28. The van der Waals surface area contributed by atoms with Crippen LogP contribution in [0.3, 0.4) is 0 Å². The van der Waals surface area contributed by atoms with E-state index < -0.39 is 47.7 Å². The van der Waals surface area contributed by atoms with Crippen molar-refractivity contribution >= 4 is 27.7 Å². The standard InChI is InChI=1S/C15H15BrF5NO2/c1-14(2,3)24-13(23)22-10(15(19,20)21)5-4-7-11(18)8(16)6-9(17)12(7)22/h6,10H,4-5H2,1-3H3. The molecule has 24 heavy (non-hydrogen) atoms. The van der Waals surface area contributed by atoms with Gasteiger partial charge in [-0.05, 0) is 55.6 Å². The van der Waals surface area contributed by atoms with E-state index in [1.165, 1.54) is 20.8 Å². The van der Waals surface area contributed by atoms with E-state index >= 15 is 0 Å². The Kier molecular flexibility index (Phi) is 4.87. The van der Waals surface area contributed by atoms with Crippen molar-refractivity contribution in [1.29, 1.82) is 0 Å².